The molecule has 3 heterocycles. The molecule has 2 fully saturated rings. The van der Waals surface area contributed by atoms with E-state index in [4.69, 9.17) is 4.74 Å². The molecule has 5 nitrogen and oxygen atoms in total. The number of carbonyl (C=O) groups is 2. The van der Waals surface area contributed by atoms with Gasteiger partial charge in [-0.15, -0.1) is 11.3 Å². The second-order valence-corrected chi connectivity index (χ2v) is 7.64. The predicted octanol–water partition coefficient (Wildman–Crippen LogP) is 2.17. The third kappa shape index (κ3) is 4.80. The van der Waals surface area contributed by atoms with Gasteiger partial charge in [-0.25, -0.2) is 0 Å². The fraction of sp³-hybridized carbons (Fsp3) is 0.667. The molecule has 132 valence electrons. The normalized spacial score (nSPS) is 19.5. The van der Waals surface area contributed by atoms with E-state index in [-0.39, 0.29) is 11.8 Å². The van der Waals surface area contributed by atoms with E-state index in [1.807, 2.05) is 27.3 Å². The molecule has 0 aliphatic carbocycles. The smallest absolute Gasteiger partial charge is 0.227 e. The number of amides is 2. The van der Waals surface area contributed by atoms with E-state index in [1.165, 1.54) is 0 Å². The summed E-state index contributed by atoms with van der Waals surface area (Å²) in [7, 11) is 0. The van der Waals surface area contributed by atoms with E-state index >= 15 is 0 Å². The van der Waals surface area contributed by atoms with E-state index in [2.05, 4.69) is 0 Å². The van der Waals surface area contributed by atoms with Crippen molar-refractivity contribution in [2.45, 2.75) is 32.1 Å². The molecule has 2 saturated heterocycles. The Bertz CT molecular complexity index is 532. The van der Waals surface area contributed by atoms with Gasteiger partial charge in [0.1, 0.15) is 0 Å². The standard InChI is InChI=1S/C18H26N2O3S/c21-17(20-9-11-23-12-10-20)4-3-15-5-7-19(8-6-15)18(22)14-16-2-1-13-24-16/h1-2,13,15H,3-12,14H2. The molecule has 24 heavy (non-hydrogen) atoms. The Kier molecular flexibility index (Phi) is 6.26. The van der Waals surface area contributed by atoms with Crippen LogP contribution < -0.4 is 0 Å². The van der Waals surface area contributed by atoms with Gasteiger partial charge in [-0.2, -0.15) is 0 Å². The number of morpholine rings is 1. The molecule has 0 unspecified atom stereocenters. The SMILES string of the molecule is O=C(CCC1CCN(C(=O)Cc2cccs2)CC1)N1CCOCC1. The van der Waals surface area contributed by atoms with Crippen LogP contribution in [0, 0.1) is 5.92 Å². The topological polar surface area (TPSA) is 49.9 Å². The molecule has 0 spiro atoms. The molecule has 2 aliphatic rings. The van der Waals surface area contributed by atoms with Crippen molar-refractivity contribution < 1.29 is 14.3 Å². The molecule has 1 aromatic heterocycles. The highest BCUT2D eigenvalue weighted by Crippen LogP contribution is 2.23. The number of hydrogen-bond acceptors (Lipinski definition) is 4. The molecule has 2 amide bonds. The first-order chi connectivity index (χ1) is 11.7. The minimum absolute atomic E-state index is 0.236. The molecule has 0 saturated carbocycles. The number of nitrogens with zero attached hydrogens (tertiary/aromatic N) is 2. The first-order valence-corrected chi connectivity index (χ1v) is 9.76. The van der Waals surface area contributed by atoms with Crippen LogP contribution >= 0.6 is 11.3 Å². The quantitative estimate of drug-likeness (QED) is 0.818. The molecule has 2 aliphatic heterocycles. The van der Waals surface area contributed by atoms with Crippen LogP contribution in [0.3, 0.4) is 0 Å². The highest BCUT2D eigenvalue weighted by molar-refractivity contribution is 7.10. The summed E-state index contributed by atoms with van der Waals surface area (Å²) in [5.41, 5.74) is 0. The highest BCUT2D eigenvalue weighted by Gasteiger charge is 2.24. The van der Waals surface area contributed by atoms with Crippen LogP contribution in [0.1, 0.15) is 30.6 Å². The van der Waals surface area contributed by atoms with Gasteiger partial charge in [0.2, 0.25) is 11.8 Å². The van der Waals surface area contributed by atoms with E-state index in [1.54, 1.807) is 11.3 Å². The molecule has 1 aromatic rings. The molecule has 0 N–H and O–H groups in total. The first kappa shape index (κ1) is 17.4. The lowest BCUT2D eigenvalue weighted by atomic mass is 9.91. The summed E-state index contributed by atoms with van der Waals surface area (Å²) < 4.78 is 5.29. The number of thiophene rings is 1. The van der Waals surface area contributed by atoms with Gasteiger partial charge in [0.15, 0.2) is 0 Å². The van der Waals surface area contributed by atoms with Crippen molar-refractivity contribution in [1.29, 1.82) is 0 Å². The molecule has 0 radical (unpaired) electrons. The van der Waals surface area contributed by atoms with Crippen molar-refractivity contribution in [1.82, 2.24) is 9.80 Å². The van der Waals surface area contributed by atoms with Gasteiger partial charge in [-0.1, -0.05) is 6.07 Å². The van der Waals surface area contributed by atoms with Crippen LogP contribution in [0.2, 0.25) is 0 Å². The van der Waals surface area contributed by atoms with Crippen LogP contribution in [0.5, 0.6) is 0 Å². The van der Waals surface area contributed by atoms with Gasteiger partial charge >= 0.3 is 0 Å². The fourth-order valence-electron chi connectivity index (χ4n) is 3.44. The lowest BCUT2D eigenvalue weighted by Crippen LogP contribution is -2.41. The maximum Gasteiger partial charge on any atom is 0.227 e. The molecular weight excluding hydrogens is 324 g/mol. The summed E-state index contributed by atoms with van der Waals surface area (Å²) in [5.74, 6) is 1.07. The first-order valence-electron chi connectivity index (χ1n) is 8.88. The van der Waals surface area contributed by atoms with Crippen molar-refractivity contribution in [2.75, 3.05) is 39.4 Å². The van der Waals surface area contributed by atoms with Crippen molar-refractivity contribution in [3.63, 3.8) is 0 Å². The lowest BCUT2D eigenvalue weighted by Gasteiger charge is -2.32. The molecule has 3 rings (SSSR count). The maximum absolute atomic E-state index is 12.3. The van der Waals surface area contributed by atoms with Gasteiger partial charge in [0.25, 0.3) is 0 Å². The van der Waals surface area contributed by atoms with Crippen LogP contribution in [0.15, 0.2) is 17.5 Å². The average Bonchev–Trinajstić information content (AvgIpc) is 3.14. The van der Waals surface area contributed by atoms with Crippen molar-refractivity contribution >= 4 is 23.2 Å². The molecule has 0 bridgehead atoms. The van der Waals surface area contributed by atoms with E-state index < -0.39 is 0 Å². The van der Waals surface area contributed by atoms with Crippen molar-refractivity contribution in [3.05, 3.63) is 22.4 Å². The predicted molar refractivity (Wildman–Crippen MR) is 94.0 cm³/mol. The van der Waals surface area contributed by atoms with Gasteiger partial charge in [0, 0.05) is 37.5 Å². The monoisotopic (exact) mass is 350 g/mol. The Balaban J connectivity index is 1.35. The summed E-state index contributed by atoms with van der Waals surface area (Å²) in [6, 6.07) is 4.01. The summed E-state index contributed by atoms with van der Waals surface area (Å²) in [5, 5.41) is 2.01. The summed E-state index contributed by atoms with van der Waals surface area (Å²) >= 11 is 1.64. The summed E-state index contributed by atoms with van der Waals surface area (Å²) in [6.07, 6.45) is 4.15. The minimum atomic E-state index is 0.236. The van der Waals surface area contributed by atoms with Gasteiger partial charge in [-0.05, 0) is 36.6 Å². The molecular formula is C18H26N2O3S. The average molecular weight is 350 g/mol. The van der Waals surface area contributed by atoms with Crippen LogP contribution in [0.25, 0.3) is 0 Å². The highest BCUT2D eigenvalue weighted by atomic mass is 32.1. The van der Waals surface area contributed by atoms with Crippen LogP contribution in [-0.4, -0.2) is 61.0 Å². The Morgan fingerprint density at radius 3 is 2.46 bits per heavy atom. The zero-order valence-corrected chi connectivity index (χ0v) is 14.9. The number of piperidine rings is 1. The lowest BCUT2D eigenvalue weighted by molar-refractivity contribution is -0.136. The fourth-order valence-corrected chi connectivity index (χ4v) is 4.14. The zero-order chi connectivity index (χ0) is 16.8. The number of ether oxygens (including phenoxy) is 1. The van der Waals surface area contributed by atoms with Crippen LogP contribution in [-0.2, 0) is 20.7 Å². The van der Waals surface area contributed by atoms with Gasteiger partial charge < -0.3 is 14.5 Å². The van der Waals surface area contributed by atoms with E-state index in [0.29, 0.717) is 32.0 Å². The molecule has 6 heteroatoms. The van der Waals surface area contributed by atoms with Crippen molar-refractivity contribution in [3.8, 4) is 0 Å². The van der Waals surface area contributed by atoms with Crippen molar-refractivity contribution in [2.24, 2.45) is 5.92 Å². The second kappa shape index (κ2) is 8.62. The zero-order valence-electron chi connectivity index (χ0n) is 14.1. The van der Waals surface area contributed by atoms with Gasteiger partial charge in [0.05, 0.1) is 19.6 Å². The second-order valence-electron chi connectivity index (χ2n) is 6.61. The Labute approximate surface area is 147 Å². The van der Waals surface area contributed by atoms with Gasteiger partial charge in [-0.3, -0.25) is 9.59 Å². The van der Waals surface area contributed by atoms with E-state index in [9.17, 15) is 9.59 Å². The molecule has 0 atom stereocenters. The summed E-state index contributed by atoms with van der Waals surface area (Å²) in [4.78, 5) is 29.5. The number of rotatable bonds is 5. The Hall–Kier alpha value is -1.40. The Morgan fingerprint density at radius 1 is 1.08 bits per heavy atom. The maximum atomic E-state index is 12.3. The summed E-state index contributed by atoms with van der Waals surface area (Å²) in [6.45, 7) is 4.46. The third-order valence-corrected chi connectivity index (χ3v) is 5.88. The number of carbonyl (C=O) groups excluding carboxylic acids is 2. The minimum Gasteiger partial charge on any atom is -0.378 e. The number of hydrogen-bond donors (Lipinski definition) is 0. The number of likely N-dealkylation sites (tertiary alicyclic amines) is 1. The Morgan fingerprint density at radius 2 is 1.79 bits per heavy atom. The third-order valence-electron chi connectivity index (χ3n) is 5.00. The van der Waals surface area contributed by atoms with E-state index in [0.717, 1.165) is 50.3 Å². The van der Waals surface area contributed by atoms with Crippen LogP contribution in [0.4, 0.5) is 0 Å². The molecule has 0 aromatic carbocycles. The largest absolute Gasteiger partial charge is 0.378 e.